The summed E-state index contributed by atoms with van der Waals surface area (Å²) in [4.78, 5) is 17.1. The van der Waals surface area contributed by atoms with Crippen LogP contribution in [0.15, 0.2) is 42.7 Å². The lowest BCUT2D eigenvalue weighted by molar-refractivity contribution is -0.125. The van der Waals surface area contributed by atoms with Crippen molar-refractivity contribution in [3.63, 3.8) is 0 Å². The van der Waals surface area contributed by atoms with Crippen LogP contribution in [0, 0.1) is 0 Å². The maximum Gasteiger partial charge on any atom is 0.255 e. The summed E-state index contributed by atoms with van der Waals surface area (Å²) in [6, 6.07) is 7.94. The summed E-state index contributed by atoms with van der Waals surface area (Å²) in [6.07, 6.45) is 7.12. The summed E-state index contributed by atoms with van der Waals surface area (Å²) in [5, 5.41) is 4.74. The van der Waals surface area contributed by atoms with Gasteiger partial charge in [-0.1, -0.05) is 19.1 Å². The smallest absolute Gasteiger partial charge is 0.255 e. The third-order valence-electron chi connectivity index (χ3n) is 3.60. The fourth-order valence-corrected chi connectivity index (χ4v) is 2.80. The Morgan fingerprint density at radius 2 is 2.24 bits per heavy atom. The number of allylic oxidation sites excluding steroid dienone is 1. The van der Waals surface area contributed by atoms with Gasteiger partial charge in [0.1, 0.15) is 6.04 Å². The molecule has 1 unspecified atom stereocenters. The number of fused-ring (bicyclic) bond motifs is 1. The number of hydrogen-bond acceptors (Lipinski definition) is 2. The van der Waals surface area contributed by atoms with Crippen molar-refractivity contribution in [2.24, 2.45) is 0 Å². The number of nitrogens with one attached hydrogen (secondary N) is 2. The number of rotatable bonds is 4. The Kier molecular flexibility index (Phi) is 3.75. The molecule has 0 radical (unpaired) electrons. The summed E-state index contributed by atoms with van der Waals surface area (Å²) in [5.41, 5.74) is 2.23. The van der Waals surface area contributed by atoms with Gasteiger partial charge in [0.2, 0.25) is 0 Å². The van der Waals surface area contributed by atoms with E-state index >= 15 is 0 Å². The zero-order valence-electron chi connectivity index (χ0n) is 11.8. The van der Waals surface area contributed by atoms with Crippen molar-refractivity contribution in [3.05, 3.63) is 48.3 Å². The molecule has 1 amide bonds. The molecule has 0 bridgehead atoms. The van der Waals surface area contributed by atoms with Crippen LogP contribution in [0.1, 0.15) is 18.9 Å². The van der Waals surface area contributed by atoms with Crippen LogP contribution in [0.25, 0.3) is 10.9 Å². The highest BCUT2D eigenvalue weighted by molar-refractivity contribution is 7.80. The van der Waals surface area contributed by atoms with Gasteiger partial charge >= 0.3 is 0 Å². The predicted octanol–water partition coefficient (Wildman–Crippen LogP) is 2.72. The van der Waals surface area contributed by atoms with Crippen LogP contribution in [0.4, 0.5) is 0 Å². The van der Waals surface area contributed by atoms with Crippen LogP contribution >= 0.6 is 12.2 Å². The van der Waals surface area contributed by atoms with E-state index < -0.39 is 0 Å². The van der Waals surface area contributed by atoms with E-state index in [4.69, 9.17) is 12.2 Å². The lowest BCUT2D eigenvalue weighted by atomic mass is 10.0. The number of carbonyl (C=O) groups excluding carboxylic acids is 1. The zero-order chi connectivity index (χ0) is 14.8. The molecule has 21 heavy (non-hydrogen) atoms. The van der Waals surface area contributed by atoms with Gasteiger partial charge in [-0.25, -0.2) is 0 Å². The molecule has 1 atom stereocenters. The molecule has 1 aromatic heterocycles. The van der Waals surface area contributed by atoms with Gasteiger partial charge in [-0.2, -0.15) is 0 Å². The molecule has 2 heterocycles. The van der Waals surface area contributed by atoms with Gasteiger partial charge in [0.25, 0.3) is 5.91 Å². The second kappa shape index (κ2) is 5.69. The number of aromatic amines is 1. The molecule has 1 aliphatic heterocycles. The lowest BCUT2D eigenvalue weighted by Crippen LogP contribution is -2.31. The number of hydrogen-bond donors (Lipinski definition) is 2. The van der Waals surface area contributed by atoms with Crippen LogP contribution in [0.5, 0.6) is 0 Å². The normalized spacial score (nSPS) is 18.9. The first-order chi connectivity index (χ1) is 10.2. The third kappa shape index (κ3) is 2.69. The Labute approximate surface area is 128 Å². The van der Waals surface area contributed by atoms with Gasteiger partial charge in [0.05, 0.1) is 0 Å². The van der Waals surface area contributed by atoms with Crippen molar-refractivity contribution >= 4 is 34.1 Å². The van der Waals surface area contributed by atoms with E-state index in [2.05, 4.69) is 16.4 Å². The molecule has 4 nitrogen and oxygen atoms in total. The Morgan fingerprint density at radius 1 is 1.38 bits per heavy atom. The number of nitrogens with zero attached hydrogens (tertiary/aromatic N) is 1. The summed E-state index contributed by atoms with van der Waals surface area (Å²) < 4.78 is 0. The standard InChI is InChI=1S/C16H17N3OS/c1-2-3-8-19-15(20)14(18-16(19)21)10-11-4-5-13-12(9-11)6-7-17-13/h3-9,14,17H,2,10H2,1H3,(H,18,21)/b8-3+. The minimum absolute atomic E-state index is 0.0128. The average molecular weight is 299 g/mol. The molecule has 3 rings (SSSR count). The first-order valence-electron chi connectivity index (χ1n) is 7.05. The SMILES string of the molecule is CC/C=C/N1C(=O)C(Cc2ccc3[nH]ccc3c2)NC1=S. The molecule has 1 saturated heterocycles. The van der Waals surface area contributed by atoms with Crippen molar-refractivity contribution in [1.82, 2.24) is 15.2 Å². The molecule has 108 valence electrons. The number of amides is 1. The molecule has 0 saturated carbocycles. The molecular formula is C16H17N3OS. The van der Waals surface area contributed by atoms with E-state index in [9.17, 15) is 4.79 Å². The largest absolute Gasteiger partial charge is 0.361 e. The average Bonchev–Trinajstić information content (AvgIpc) is 3.03. The predicted molar refractivity (Wildman–Crippen MR) is 87.8 cm³/mol. The van der Waals surface area contributed by atoms with Crippen molar-refractivity contribution in [2.45, 2.75) is 25.8 Å². The third-order valence-corrected chi connectivity index (χ3v) is 3.91. The second-order valence-electron chi connectivity index (χ2n) is 5.11. The molecule has 1 aliphatic rings. The quantitative estimate of drug-likeness (QED) is 0.853. The van der Waals surface area contributed by atoms with Gasteiger partial charge in [-0.15, -0.1) is 0 Å². The summed E-state index contributed by atoms with van der Waals surface area (Å²) in [6.45, 7) is 2.02. The summed E-state index contributed by atoms with van der Waals surface area (Å²) >= 11 is 5.23. The second-order valence-corrected chi connectivity index (χ2v) is 5.49. The minimum atomic E-state index is -0.282. The molecule has 2 N–H and O–H groups in total. The topological polar surface area (TPSA) is 48.1 Å². The molecule has 2 aromatic rings. The van der Waals surface area contributed by atoms with Crippen LogP contribution < -0.4 is 5.32 Å². The van der Waals surface area contributed by atoms with E-state index in [1.807, 2.05) is 37.4 Å². The summed E-state index contributed by atoms with van der Waals surface area (Å²) in [5.74, 6) is 0.0128. The van der Waals surface area contributed by atoms with Gasteiger partial charge in [-0.05, 0) is 47.8 Å². The van der Waals surface area contributed by atoms with Crippen LogP contribution in [0.2, 0.25) is 0 Å². The molecule has 1 fully saturated rings. The molecule has 0 spiro atoms. The van der Waals surface area contributed by atoms with Gasteiger partial charge in [0.15, 0.2) is 5.11 Å². The number of aromatic nitrogens is 1. The number of benzene rings is 1. The highest BCUT2D eigenvalue weighted by Crippen LogP contribution is 2.18. The maximum atomic E-state index is 12.4. The van der Waals surface area contributed by atoms with E-state index in [0.29, 0.717) is 11.5 Å². The molecule has 5 heteroatoms. The van der Waals surface area contributed by atoms with Gasteiger partial charge in [0, 0.05) is 24.3 Å². The van der Waals surface area contributed by atoms with Crippen molar-refractivity contribution < 1.29 is 4.79 Å². The van der Waals surface area contributed by atoms with Gasteiger partial charge in [-0.3, -0.25) is 9.69 Å². The van der Waals surface area contributed by atoms with E-state index in [1.54, 1.807) is 6.20 Å². The van der Waals surface area contributed by atoms with Crippen molar-refractivity contribution in [3.8, 4) is 0 Å². The van der Waals surface area contributed by atoms with Gasteiger partial charge < -0.3 is 10.3 Å². The monoisotopic (exact) mass is 299 g/mol. The van der Waals surface area contributed by atoms with E-state index in [1.165, 1.54) is 4.90 Å². The highest BCUT2D eigenvalue weighted by atomic mass is 32.1. The Bertz CT molecular complexity index is 719. The number of H-pyrrole nitrogens is 1. The summed E-state index contributed by atoms with van der Waals surface area (Å²) in [7, 11) is 0. The first-order valence-corrected chi connectivity index (χ1v) is 7.46. The van der Waals surface area contributed by atoms with Crippen LogP contribution in [-0.2, 0) is 11.2 Å². The minimum Gasteiger partial charge on any atom is -0.361 e. The van der Waals surface area contributed by atoms with E-state index in [0.717, 1.165) is 22.9 Å². The van der Waals surface area contributed by atoms with E-state index in [-0.39, 0.29) is 11.9 Å². The fourth-order valence-electron chi connectivity index (χ4n) is 2.50. The van der Waals surface area contributed by atoms with Crippen LogP contribution in [0.3, 0.4) is 0 Å². The molecular weight excluding hydrogens is 282 g/mol. The highest BCUT2D eigenvalue weighted by Gasteiger charge is 2.33. The number of carbonyl (C=O) groups is 1. The maximum absolute atomic E-state index is 12.4. The lowest BCUT2D eigenvalue weighted by Gasteiger charge is -2.09. The Balaban J connectivity index is 1.77. The zero-order valence-corrected chi connectivity index (χ0v) is 12.6. The van der Waals surface area contributed by atoms with Crippen molar-refractivity contribution in [2.75, 3.05) is 0 Å². The van der Waals surface area contributed by atoms with Crippen molar-refractivity contribution in [1.29, 1.82) is 0 Å². The molecule has 1 aromatic carbocycles. The fraction of sp³-hybridized carbons (Fsp3) is 0.250. The first kappa shape index (κ1) is 13.8. The Hall–Kier alpha value is -2.14. The molecule has 0 aliphatic carbocycles. The number of thiocarbonyl (C=S) groups is 1. The Morgan fingerprint density at radius 3 is 3.05 bits per heavy atom. The van der Waals surface area contributed by atoms with Crippen LogP contribution in [-0.4, -0.2) is 26.9 Å².